The number of likely N-dealkylation sites (N-methyl/N-ethyl adjacent to an activating group) is 2. The SMILES string of the molecule is CC[C@H](C)C([C@@H](CC(=O)N1CCC[C@H]1[C@H](OC)[C@@H](C)C(=O)N[C@@H](Cc1ccccc1)C(=O)NS(=O)(=O)Cc1ccc(NC(=O)C(F)(F)F)cc1)OC)N(C)C(=O)[C@@H](NC(=O)[C@H](C(C)C)N(C)C)C(C)C. The minimum atomic E-state index is -5.13. The molecule has 70 heavy (non-hydrogen) atoms. The van der Waals surface area contributed by atoms with Gasteiger partial charge in [-0.25, -0.2) is 8.42 Å². The van der Waals surface area contributed by atoms with Crippen LogP contribution in [0.2, 0.25) is 0 Å². The van der Waals surface area contributed by atoms with Gasteiger partial charge < -0.3 is 35.2 Å². The highest BCUT2D eigenvalue weighted by Gasteiger charge is 2.44. The molecule has 0 bridgehead atoms. The molecule has 2 aromatic carbocycles. The standard InChI is InChI=1S/C49H74F3N7O10S/c1-13-31(6)42(58(10)47(64)40(29(2)3)55-46(63)41(30(4)5)57(8)9)38(68-11)27-39(60)59-25-17-20-37(59)43(69-12)32(7)44(61)54-36(26-33-18-15-14-16-19-33)45(62)56-70(66,67)28-34-21-23-35(24-22-34)53-48(65)49(50,51)52/h14-16,18-19,21-24,29-32,36-38,40-43H,13,17,20,25-28H2,1-12H3,(H,53,65)(H,54,61)(H,55,63)(H,56,62)/t31-,32+,36-,37-,38+,40-,41-,42?,43+/m0/s1. The molecule has 0 radical (unpaired) electrons. The van der Waals surface area contributed by atoms with Gasteiger partial charge in [0.25, 0.3) is 5.91 Å². The van der Waals surface area contributed by atoms with E-state index >= 15 is 0 Å². The van der Waals surface area contributed by atoms with Gasteiger partial charge in [0, 0.05) is 39.9 Å². The number of alkyl halides is 3. The molecule has 6 amide bonds. The number of methoxy groups -OCH3 is 2. The van der Waals surface area contributed by atoms with E-state index in [1.807, 2.05) is 65.3 Å². The maximum absolute atomic E-state index is 14.4. The van der Waals surface area contributed by atoms with Gasteiger partial charge in [0.15, 0.2) is 0 Å². The van der Waals surface area contributed by atoms with Crippen LogP contribution >= 0.6 is 0 Å². The fraction of sp³-hybridized carbons (Fsp3) is 0.633. The summed E-state index contributed by atoms with van der Waals surface area (Å²) in [5.74, 6) is -6.89. The molecule has 4 N–H and O–H groups in total. The number of amides is 6. The molecule has 17 nitrogen and oxygen atoms in total. The number of hydrogen-bond donors (Lipinski definition) is 4. The number of rotatable bonds is 25. The summed E-state index contributed by atoms with van der Waals surface area (Å²) in [5.41, 5.74) is 0.469. The second kappa shape index (κ2) is 26.4. The Morgan fingerprint density at radius 2 is 1.43 bits per heavy atom. The van der Waals surface area contributed by atoms with E-state index < -0.39 is 88.0 Å². The van der Waals surface area contributed by atoms with Crippen LogP contribution in [-0.2, 0) is 60.4 Å². The molecule has 1 heterocycles. The highest BCUT2D eigenvalue weighted by molar-refractivity contribution is 7.89. The van der Waals surface area contributed by atoms with E-state index in [1.165, 1.54) is 26.4 Å². The van der Waals surface area contributed by atoms with Crippen molar-refractivity contribution in [1.82, 2.24) is 30.1 Å². The smallest absolute Gasteiger partial charge is 0.379 e. The molecule has 1 fully saturated rings. The van der Waals surface area contributed by atoms with E-state index in [0.717, 1.165) is 12.1 Å². The number of anilines is 1. The first-order valence-corrected chi connectivity index (χ1v) is 25.3. The normalized spacial score (nSPS) is 17.7. The van der Waals surface area contributed by atoms with Crippen LogP contribution in [-0.4, -0.2) is 149 Å². The second-order valence-corrected chi connectivity index (χ2v) is 20.8. The first kappa shape index (κ1) is 59.2. The van der Waals surface area contributed by atoms with Crippen LogP contribution in [0.4, 0.5) is 18.9 Å². The molecule has 1 saturated heterocycles. The molecule has 0 aromatic heterocycles. The zero-order chi connectivity index (χ0) is 52.8. The molecule has 21 heteroatoms. The summed E-state index contributed by atoms with van der Waals surface area (Å²) in [6, 6.07) is 9.25. The quantitative estimate of drug-likeness (QED) is 0.109. The maximum atomic E-state index is 14.4. The fourth-order valence-electron chi connectivity index (χ4n) is 9.14. The van der Waals surface area contributed by atoms with E-state index in [4.69, 9.17) is 9.47 Å². The van der Waals surface area contributed by atoms with E-state index in [9.17, 15) is 50.4 Å². The van der Waals surface area contributed by atoms with Gasteiger partial charge in [0.2, 0.25) is 33.7 Å². The van der Waals surface area contributed by atoms with Gasteiger partial charge in [-0.15, -0.1) is 0 Å². The van der Waals surface area contributed by atoms with Crippen molar-refractivity contribution in [1.29, 1.82) is 0 Å². The van der Waals surface area contributed by atoms with Gasteiger partial charge in [-0.1, -0.05) is 97.4 Å². The predicted molar refractivity (Wildman–Crippen MR) is 259 cm³/mol. The van der Waals surface area contributed by atoms with Crippen molar-refractivity contribution in [3.63, 3.8) is 0 Å². The Kier molecular flexibility index (Phi) is 22.3. The first-order valence-electron chi connectivity index (χ1n) is 23.6. The summed E-state index contributed by atoms with van der Waals surface area (Å²) < 4.78 is 78.6. The lowest BCUT2D eigenvalue weighted by Gasteiger charge is -2.41. The van der Waals surface area contributed by atoms with Crippen LogP contribution in [0, 0.1) is 23.7 Å². The molecule has 0 saturated carbocycles. The van der Waals surface area contributed by atoms with Crippen LogP contribution in [0.3, 0.4) is 0 Å². The van der Waals surface area contributed by atoms with Crippen molar-refractivity contribution in [2.45, 2.75) is 135 Å². The maximum Gasteiger partial charge on any atom is 0.471 e. The number of benzene rings is 2. The summed E-state index contributed by atoms with van der Waals surface area (Å²) in [5, 5.41) is 7.37. The summed E-state index contributed by atoms with van der Waals surface area (Å²) in [7, 11) is 3.76. The van der Waals surface area contributed by atoms with Crippen molar-refractivity contribution in [2.24, 2.45) is 23.7 Å². The Morgan fingerprint density at radius 1 is 0.814 bits per heavy atom. The van der Waals surface area contributed by atoms with E-state index in [1.54, 1.807) is 59.4 Å². The Balaban J connectivity index is 1.81. The Morgan fingerprint density at radius 3 is 1.94 bits per heavy atom. The van der Waals surface area contributed by atoms with Crippen LogP contribution in [0.1, 0.15) is 85.3 Å². The lowest BCUT2D eigenvalue weighted by atomic mass is 9.89. The molecule has 392 valence electrons. The lowest BCUT2D eigenvalue weighted by molar-refractivity contribution is -0.167. The van der Waals surface area contributed by atoms with Crippen LogP contribution in [0.5, 0.6) is 0 Å². The average molecular weight is 1010 g/mol. The largest absolute Gasteiger partial charge is 0.471 e. The number of ether oxygens (including phenoxy) is 2. The number of halogens is 3. The molecule has 1 aliphatic rings. The molecule has 9 atom stereocenters. The topological polar surface area (TPSA) is 213 Å². The highest BCUT2D eigenvalue weighted by Crippen LogP contribution is 2.30. The number of nitrogens with zero attached hydrogens (tertiary/aromatic N) is 3. The second-order valence-electron chi connectivity index (χ2n) is 19.1. The van der Waals surface area contributed by atoms with Gasteiger partial charge in [-0.2, -0.15) is 13.2 Å². The van der Waals surface area contributed by atoms with Crippen LogP contribution in [0.25, 0.3) is 0 Å². The first-order chi connectivity index (χ1) is 32.7. The van der Waals surface area contributed by atoms with Crippen molar-refractivity contribution < 1.29 is 59.8 Å². The monoisotopic (exact) mass is 1010 g/mol. The Hall–Kier alpha value is -5.12. The molecule has 1 unspecified atom stereocenters. The van der Waals surface area contributed by atoms with Gasteiger partial charge in [-0.05, 0) is 68.0 Å². The van der Waals surface area contributed by atoms with Gasteiger partial charge >= 0.3 is 12.1 Å². The molecule has 1 aliphatic heterocycles. The van der Waals surface area contributed by atoms with E-state index in [2.05, 4.69) is 10.6 Å². The number of carbonyl (C=O) groups is 6. The molecular formula is C49H74F3N7O10S. The fourth-order valence-corrected chi connectivity index (χ4v) is 10.3. The number of sulfonamides is 1. The van der Waals surface area contributed by atoms with Crippen LogP contribution in [0.15, 0.2) is 54.6 Å². The number of nitrogens with one attached hydrogen (secondary N) is 4. The summed E-state index contributed by atoms with van der Waals surface area (Å²) in [4.78, 5) is 86.5. The third kappa shape index (κ3) is 16.5. The molecule has 3 rings (SSSR count). The molecular weight excluding hydrogens is 936 g/mol. The van der Waals surface area contributed by atoms with Crippen molar-refractivity contribution >= 4 is 51.2 Å². The predicted octanol–water partition coefficient (Wildman–Crippen LogP) is 4.51. The van der Waals surface area contributed by atoms with E-state index in [0.29, 0.717) is 31.4 Å². The Labute approximate surface area is 411 Å². The molecule has 2 aromatic rings. The van der Waals surface area contributed by atoms with Crippen molar-refractivity contribution in [3.05, 3.63) is 65.7 Å². The molecule has 0 spiro atoms. The third-order valence-corrected chi connectivity index (χ3v) is 14.2. The lowest BCUT2D eigenvalue weighted by Crippen LogP contribution is -2.59. The Bertz CT molecular complexity index is 2170. The van der Waals surface area contributed by atoms with Gasteiger partial charge in [0.1, 0.15) is 12.1 Å². The summed E-state index contributed by atoms with van der Waals surface area (Å²) in [6.45, 7) is 13.5. The third-order valence-electron chi connectivity index (χ3n) is 12.9. The summed E-state index contributed by atoms with van der Waals surface area (Å²) in [6.07, 6.45) is -5.25. The minimum Gasteiger partial charge on any atom is -0.379 e. The molecule has 0 aliphatic carbocycles. The zero-order valence-electron chi connectivity index (χ0n) is 42.5. The number of hydrogen-bond acceptors (Lipinski definition) is 11. The zero-order valence-corrected chi connectivity index (χ0v) is 43.3. The number of carbonyl (C=O) groups excluding carboxylic acids is 6. The van der Waals surface area contributed by atoms with Gasteiger partial charge in [-0.3, -0.25) is 38.4 Å². The van der Waals surface area contributed by atoms with Crippen LogP contribution < -0.4 is 20.7 Å². The number of likely N-dealkylation sites (tertiary alicyclic amines) is 1. The summed E-state index contributed by atoms with van der Waals surface area (Å²) >= 11 is 0. The van der Waals surface area contributed by atoms with E-state index in [-0.39, 0.29) is 59.6 Å². The van der Waals surface area contributed by atoms with Gasteiger partial charge in [0.05, 0.1) is 48.4 Å². The minimum absolute atomic E-state index is 0.0152. The average Bonchev–Trinajstić information content (AvgIpc) is 3.77. The van der Waals surface area contributed by atoms with Crippen molar-refractivity contribution in [2.75, 3.05) is 47.2 Å². The van der Waals surface area contributed by atoms with Crippen molar-refractivity contribution in [3.8, 4) is 0 Å². The highest BCUT2D eigenvalue weighted by atomic mass is 32.2.